The zero-order valence-corrected chi connectivity index (χ0v) is 9.41. The molecule has 0 saturated heterocycles. The molecular weight excluding hydrogens is 229 g/mol. The normalized spacial score (nSPS) is 9.82. The van der Waals surface area contributed by atoms with Gasteiger partial charge in [0, 0.05) is 6.92 Å². The summed E-state index contributed by atoms with van der Waals surface area (Å²) in [4.78, 5) is 21.8. The number of halogens is 1. The van der Waals surface area contributed by atoms with Crippen LogP contribution < -0.4 is 10.1 Å². The van der Waals surface area contributed by atoms with Crippen LogP contribution in [0, 0.1) is 5.82 Å². The van der Waals surface area contributed by atoms with Crippen molar-refractivity contribution in [1.29, 1.82) is 0 Å². The third-order valence-corrected chi connectivity index (χ3v) is 1.93. The number of hydrogen-bond acceptors (Lipinski definition) is 3. The Bertz CT molecular complexity index is 459. The van der Waals surface area contributed by atoms with E-state index >= 15 is 0 Å². The Balaban J connectivity index is 3.28. The fourth-order valence-electron chi connectivity index (χ4n) is 1.33. The van der Waals surface area contributed by atoms with E-state index in [0.29, 0.717) is 0 Å². The minimum atomic E-state index is -1.46. The summed E-state index contributed by atoms with van der Waals surface area (Å²) in [5.74, 6) is -3.09. The van der Waals surface area contributed by atoms with Crippen LogP contribution in [-0.2, 0) is 4.79 Å². The van der Waals surface area contributed by atoms with Crippen molar-refractivity contribution in [3.63, 3.8) is 0 Å². The maximum absolute atomic E-state index is 13.8. The second-order valence-corrected chi connectivity index (χ2v) is 3.22. The number of nitrogens with one attached hydrogen (secondary N) is 1. The summed E-state index contributed by atoms with van der Waals surface area (Å²) in [5, 5.41) is 11.2. The van der Waals surface area contributed by atoms with Crippen LogP contribution in [-0.4, -0.2) is 23.6 Å². The van der Waals surface area contributed by atoms with Gasteiger partial charge < -0.3 is 15.2 Å². The molecule has 0 aliphatic rings. The molecule has 0 aliphatic carbocycles. The van der Waals surface area contributed by atoms with Gasteiger partial charge in [-0.15, -0.1) is 0 Å². The Morgan fingerprint density at radius 1 is 1.47 bits per heavy atom. The van der Waals surface area contributed by atoms with E-state index < -0.39 is 23.3 Å². The van der Waals surface area contributed by atoms with Crippen LogP contribution in [0.4, 0.5) is 10.1 Å². The highest BCUT2D eigenvalue weighted by Gasteiger charge is 2.20. The van der Waals surface area contributed by atoms with E-state index in [0.717, 1.165) is 0 Å². The molecule has 0 saturated carbocycles. The van der Waals surface area contributed by atoms with Crippen LogP contribution in [0.5, 0.6) is 5.75 Å². The Kier molecular flexibility index (Phi) is 4.03. The summed E-state index contributed by atoms with van der Waals surface area (Å²) in [6, 6.07) is 2.56. The maximum Gasteiger partial charge on any atom is 0.340 e. The van der Waals surface area contributed by atoms with Crippen LogP contribution in [0.1, 0.15) is 24.2 Å². The van der Waals surface area contributed by atoms with Gasteiger partial charge in [0.25, 0.3) is 0 Å². The zero-order valence-electron chi connectivity index (χ0n) is 9.41. The summed E-state index contributed by atoms with van der Waals surface area (Å²) in [7, 11) is 0. The van der Waals surface area contributed by atoms with Gasteiger partial charge in [-0.3, -0.25) is 4.79 Å². The lowest BCUT2D eigenvalue weighted by Crippen LogP contribution is -2.13. The molecule has 1 aromatic carbocycles. The molecule has 2 N–H and O–H groups in total. The zero-order chi connectivity index (χ0) is 13.0. The number of hydrogen-bond donors (Lipinski definition) is 2. The Morgan fingerprint density at radius 2 is 2.12 bits per heavy atom. The maximum atomic E-state index is 13.8. The Hall–Kier alpha value is -2.11. The molecule has 1 amide bonds. The minimum absolute atomic E-state index is 0.0917. The second-order valence-electron chi connectivity index (χ2n) is 3.22. The molecular formula is C11H12FNO4. The molecule has 0 fully saturated rings. The fraction of sp³-hybridized carbons (Fsp3) is 0.273. The van der Waals surface area contributed by atoms with Crippen LogP contribution in [0.2, 0.25) is 0 Å². The van der Waals surface area contributed by atoms with Gasteiger partial charge in [0.15, 0.2) is 11.6 Å². The van der Waals surface area contributed by atoms with Gasteiger partial charge in [-0.2, -0.15) is 0 Å². The molecule has 5 nitrogen and oxygen atoms in total. The molecule has 0 atom stereocenters. The predicted molar refractivity (Wildman–Crippen MR) is 58.8 cm³/mol. The van der Waals surface area contributed by atoms with Crippen LogP contribution in [0.3, 0.4) is 0 Å². The first-order chi connectivity index (χ1) is 7.97. The van der Waals surface area contributed by atoms with Crippen LogP contribution >= 0.6 is 0 Å². The second kappa shape index (κ2) is 5.29. The number of carbonyl (C=O) groups is 2. The summed E-state index contributed by atoms with van der Waals surface area (Å²) in [6.45, 7) is 3.08. The van der Waals surface area contributed by atoms with Crippen molar-refractivity contribution in [2.75, 3.05) is 11.9 Å². The average Bonchev–Trinajstić information content (AvgIpc) is 2.21. The first-order valence-corrected chi connectivity index (χ1v) is 4.93. The number of ether oxygens (including phenoxy) is 1. The summed E-state index contributed by atoms with van der Waals surface area (Å²) in [6.07, 6.45) is 0. The number of carboxylic acids is 1. The van der Waals surface area contributed by atoms with Crippen molar-refractivity contribution in [2.45, 2.75) is 13.8 Å². The lowest BCUT2D eigenvalue weighted by Gasteiger charge is -2.11. The van der Waals surface area contributed by atoms with E-state index in [1.165, 1.54) is 19.1 Å². The molecule has 0 spiro atoms. The highest BCUT2D eigenvalue weighted by molar-refractivity contribution is 6.00. The monoisotopic (exact) mass is 241 g/mol. The molecule has 0 unspecified atom stereocenters. The number of carbonyl (C=O) groups excluding carboxylic acids is 1. The van der Waals surface area contributed by atoms with Crippen LogP contribution in [0.25, 0.3) is 0 Å². The van der Waals surface area contributed by atoms with Gasteiger partial charge in [-0.05, 0) is 19.1 Å². The van der Waals surface area contributed by atoms with Gasteiger partial charge in [-0.1, -0.05) is 0 Å². The molecule has 0 aliphatic heterocycles. The smallest absolute Gasteiger partial charge is 0.340 e. The van der Waals surface area contributed by atoms with Crippen molar-refractivity contribution in [1.82, 2.24) is 0 Å². The highest BCUT2D eigenvalue weighted by atomic mass is 19.1. The molecule has 92 valence electrons. The topological polar surface area (TPSA) is 75.6 Å². The van der Waals surface area contributed by atoms with Gasteiger partial charge in [0.2, 0.25) is 5.91 Å². The number of rotatable bonds is 4. The lowest BCUT2D eigenvalue weighted by atomic mass is 10.1. The summed E-state index contributed by atoms with van der Waals surface area (Å²) in [5.41, 5.74) is -0.697. The van der Waals surface area contributed by atoms with Crippen molar-refractivity contribution in [3.8, 4) is 5.75 Å². The van der Waals surface area contributed by atoms with Crippen LogP contribution in [0.15, 0.2) is 12.1 Å². The largest absolute Gasteiger partial charge is 0.491 e. The van der Waals surface area contributed by atoms with Gasteiger partial charge in [0.05, 0.1) is 12.3 Å². The fourth-order valence-corrected chi connectivity index (χ4v) is 1.33. The van der Waals surface area contributed by atoms with Crippen molar-refractivity contribution >= 4 is 17.6 Å². The third-order valence-electron chi connectivity index (χ3n) is 1.93. The van der Waals surface area contributed by atoms with Crippen molar-refractivity contribution in [2.24, 2.45) is 0 Å². The van der Waals surface area contributed by atoms with Gasteiger partial charge >= 0.3 is 5.97 Å². The summed E-state index contributed by atoms with van der Waals surface area (Å²) < 4.78 is 18.7. The highest BCUT2D eigenvalue weighted by Crippen LogP contribution is 2.27. The van der Waals surface area contributed by atoms with E-state index in [1.54, 1.807) is 6.92 Å². The molecule has 0 aromatic heterocycles. The third kappa shape index (κ3) is 2.93. The molecule has 1 rings (SSSR count). The van der Waals surface area contributed by atoms with Crippen molar-refractivity contribution < 1.29 is 23.8 Å². The molecule has 0 bridgehead atoms. The average molecular weight is 241 g/mol. The van der Waals surface area contributed by atoms with Crippen molar-refractivity contribution in [3.05, 3.63) is 23.5 Å². The number of carboxylic acid groups (broad SMARTS) is 1. The first-order valence-electron chi connectivity index (χ1n) is 4.93. The molecule has 1 aromatic rings. The van der Waals surface area contributed by atoms with E-state index in [9.17, 15) is 14.0 Å². The number of benzene rings is 1. The molecule has 6 heteroatoms. The predicted octanol–water partition coefficient (Wildman–Crippen LogP) is 1.88. The van der Waals surface area contributed by atoms with E-state index in [2.05, 4.69) is 5.32 Å². The van der Waals surface area contributed by atoms with E-state index in [-0.39, 0.29) is 18.0 Å². The first kappa shape index (κ1) is 13.0. The standard InChI is InChI=1S/C11H12FNO4/c1-3-17-8-5-4-7(13-6(2)14)9(10(8)12)11(15)16/h4-5H,3H2,1-2H3,(H,13,14)(H,15,16). The SMILES string of the molecule is CCOc1ccc(NC(C)=O)c(C(=O)O)c1F. The Morgan fingerprint density at radius 3 is 2.59 bits per heavy atom. The molecule has 17 heavy (non-hydrogen) atoms. The quantitative estimate of drug-likeness (QED) is 0.843. The summed E-state index contributed by atoms with van der Waals surface area (Å²) >= 11 is 0. The molecule has 0 radical (unpaired) electrons. The lowest BCUT2D eigenvalue weighted by molar-refractivity contribution is -0.114. The van der Waals surface area contributed by atoms with E-state index in [4.69, 9.17) is 9.84 Å². The van der Waals surface area contributed by atoms with Gasteiger partial charge in [0.1, 0.15) is 5.56 Å². The van der Waals surface area contributed by atoms with Gasteiger partial charge in [-0.25, -0.2) is 9.18 Å². The molecule has 0 heterocycles. The number of amides is 1. The number of aromatic carboxylic acids is 1. The number of anilines is 1. The minimum Gasteiger partial charge on any atom is -0.491 e. The van der Waals surface area contributed by atoms with E-state index in [1.807, 2.05) is 0 Å². The Labute approximate surface area is 97.2 Å².